The van der Waals surface area contributed by atoms with Gasteiger partial charge >= 0.3 is 11.9 Å². The summed E-state index contributed by atoms with van der Waals surface area (Å²) in [5, 5.41) is 13.4. The van der Waals surface area contributed by atoms with E-state index in [1.165, 1.54) is 83.5 Å². The molecule has 0 aromatic heterocycles. The van der Waals surface area contributed by atoms with Crippen LogP contribution < -0.4 is 5.32 Å². The van der Waals surface area contributed by atoms with Crippen LogP contribution in [0.3, 0.4) is 0 Å². The van der Waals surface area contributed by atoms with Crippen molar-refractivity contribution in [3.63, 3.8) is 0 Å². The molecule has 2 atom stereocenters. The molecule has 0 fully saturated rings. The van der Waals surface area contributed by atoms with Crippen molar-refractivity contribution in [1.82, 2.24) is 10.2 Å². The number of hydrogen-bond donors (Lipinski definition) is 2. The van der Waals surface area contributed by atoms with E-state index in [9.17, 15) is 19.5 Å². The molecule has 0 saturated carbocycles. The minimum absolute atomic E-state index is 0.0160. The van der Waals surface area contributed by atoms with Crippen molar-refractivity contribution in [2.45, 2.75) is 232 Å². The van der Waals surface area contributed by atoms with Crippen LogP contribution in [0, 0.1) is 0 Å². The number of aliphatic hydroxyl groups excluding tert-OH is 1. The molecule has 0 aromatic carbocycles. The van der Waals surface area contributed by atoms with Crippen LogP contribution in [-0.4, -0.2) is 92.9 Å². The number of carbonyl (C=O) groups excluding carboxylic acids is 3. The molecule has 0 aliphatic carbocycles. The van der Waals surface area contributed by atoms with Crippen molar-refractivity contribution < 1.29 is 38.4 Å². The lowest BCUT2D eigenvalue weighted by atomic mass is 10.1. The first-order chi connectivity index (χ1) is 27.4. The van der Waals surface area contributed by atoms with Crippen molar-refractivity contribution in [3.8, 4) is 0 Å². The predicted octanol–water partition coefficient (Wildman–Crippen LogP) is 10.6. The smallest absolute Gasteiger partial charge is 0.306 e. The van der Waals surface area contributed by atoms with Gasteiger partial charge in [-0.3, -0.25) is 14.4 Å². The Morgan fingerprint density at radius 1 is 0.571 bits per heavy atom. The van der Waals surface area contributed by atoms with Gasteiger partial charge in [0.25, 0.3) is 0 Å². The lowest BCUT2D eigenvalue weighted by Gasteiger charge is -2.30. The van der Waals surface area contributed by atoms with Crippen molar-refractivity contribution in [2.24, 2.45) is 0 Å². The molecule has 0 aliphatic rings. The maximum Gasteiger partial charge on any atom is 0.306 e. The molecule has 2 unspecified atom stereocenters. The number of unbranched alkanes of at least 4 members (excludes halogenated alkanes) is 17. The van der Waals surface area contributed by atoms with Crippen LogP contribution in [0.2, 0.25) is 0 Å². The van der Waals surface area contributed by atoms with E-state index in [-0.39, 0.29) is 62.7 Å². The molecule has 10 nitrogen and oxygen atoms in total. The van der Waals surface area contributed by atoms with Gasteiger partial charge in [0.1, 0.15) is 12.7 Å². The summed E-state index contributed by atoms with van der Waals surface area (Å²) in [6, 6.07) is -0.691. The van der Waals surface area contributed by atoms with Crippen LogP contribution in [0.1, 0.15) is 214 Å². The van der Waals surface area contributed by atoms with Crippen molar-refractivity contribution in [2.75, 3.05) is 46.6 Å². The van der Waals surface area contributed by atoms with E-state index in [0.717, 1.165) is 64.2 Å². The number of hydrogen-bond acceptors (Lipinski definition) is 9. The van der Waals surface area contributed by atoms with Gasteiger partial charge in [-0.1, -0.05) is 143 Å². The first kappa shape index (κ1) is 54.2. The summed E-state index contributed by atoms with van der Waals surface area (Å²) in [6.45, 7) is 10.7. The van der Waals surface area contributed by atoms with Gasteiger partial charge < -0.3 is 34.3 Å². The number of ether oxygens (including phenoxy) is 4. The van der Waals surface area contributed by atoms with Crippen LogP contribution in [0.15, 0.2) is 0 Å². The summed E-state index contributed by atoms with van der Waals surface area (Å²) in [7, 11) is 1.84. The standard InChI is InChI=1S/C46H90N2O8/c1-6-10-13-16-18-20-22-25-37-53-46(54-38-26-23-21-19-17-14-11-7-2)32-27-31-44(51)55-40-41(39-49)48(36-28-35-47-5)43(50)33-34-45(52)56-42(29-9-4)30-24-15-12-8-3/h41-42,46-47,49H,6-40H2,1-5H3. The highest BCUT2D eigenvalue weighted by Gasteiger charge is 2.26. The third-order valence-corrected chi connectivity index (χ3v) is 10.5. The maximum absolute atomic E-state index is 13.4. The topological polar surface area (TPSA) is 124 Å². The van der Waals surface area contributed by atoms with Crippen LogP contribution in [0.5, 0.6) is 0 Å². The minimum Gasteiger partial charge on any atom is -0.463 e. The molecule has 0 heterocycles. The normalized spacial score (nSPS) is 12.6. The van der Waals surface area contributed by atoms with Gasteiger partial charge in [-0.25, -0.2) is 0 Å². The fraction of sp³-hybridized carbons (Fsp3) is 0.935. The van der Waals surface area contributed by atoms with Gasteiger partial charge in [0.05, 0.1) is 19.1 Å². The molecule has 0 aromatic rings. The van der Waals surface area contributed by atoms with E-state index >= 15 is 0 Å². The first-order valence-corrected chi connectivity index (χ1v) is 23.5. The molecule has 10 heteroatoms. The van der Waals surface area contributed by atoms with Crippen molar-refractivity contribution in [1.29, 1.82) is 0 Å². The molecule has 0 rings (SSSR count). The monoisotopic (exact) mass is 799 g/mol. The highest BCUT2D eigenvalue weighted by Crippen LogP contribution is 2.17. The Morgan fingerprint density at radius 2 is 1.11 bits per heavy atom. The highest BCUT2D eigenvalue weighted by molar-refractivity contribution is 5.81. The second-order valence-electron chi connectivity index (χ2n) is 15.8. The Balaban J connectivity index is 4.95. The molecule has 0 spiro atoms. The van der Waals surface area contributed by atoms with Crippen molar-refractivity contribution in [3.05, 3.63) is 0 Å². The second kappa shape index (κ2) is 41.4. The number of nitrogens with zero attached hydrogens (tertiary/aromatic N) is 1. The van der Waals surface area contributed by atoms with Crippen LogP contribution in [-0.2, 0) is 33.3 Å². The quantitative estimate of drug-likeness (QED) is 0.0352. The van der Waals surface area contributed by atoms with Crippen LogP contribution >= 0.6 is 0 Å². The summed E-state index contributed by atoms with van der Waals surface area (Å²) in [5.74, 6) is -0.995. The average molecular weight is 799 g/mol. The van der Waals surface area contributed by atoms with E-state index in [2.05, 4.69) is 33.0 Å². The molecular weight excluding hydrogens is 709 g/mol. The zero-order valence-corrected chi connectivity index (χ0v) is 37.2. The molecule has 0 bridgehead atoms. The van der Waals surface area contributed by atoms with E-state index in [1.807, 2.05) is 7.05 Å². The molecule has 0 saturated heterocycles. The summed E-state index contributed by atoms with van der Waals surface area (Å²) in [4.78, 5) is 40.6. The Labute approximate surface area is 344 Å². The third kappa shape index (κ3) is 33.2. The Hall–Kier alpha value is -1.75. The SMILES string of the molecule is CCCCCCCCCCOC(CCCC(=O)OCC(CO)N(CCCNC)C(=O)CCC(=O)OC(CCC)CCCCCC)OCCCCCCCCCC. The molecule has 2 N–H and O–H groups in total. The summed E-state index contributed by atoms with van der Waals surface area (Å²) in [5.41, 5.74) is 0. The molecular formula is C46H90N2O8. The number of aliphatic hydroxyl groups is 1. The molecule has 0 aliphatic heterocycles. The molecule has 56 heavy (non-hydrogen) atoms. The zero-order valence-electron chi connectivity index (χ0n) is 37.2. The second-order valence-corrected chi connectivity index (χ2v) is 15.8. The number of nitrogens with one attached hydrogen (secondary N) is 1. The van der Waals surface area contributed by atoms with Gasteiger partial charge in [-0.2, -0.15) is 0 Å². The van der Waals surface area contributed by atoms with Crippen molar-refractivity contribution >= 4 is 17.8 Å². The lowest BCUT2D eigenvalue weighted by Crippen LogP contribution is -2.46. The predicted molar refractivity (Wildman–Crippen MR) is 230 cm³/mol. The number of carbonyl (C=O) groups is 3. The van der Waals surface area contributed by atoms with Crippen LogP contribution in [0.25, 0.3) is 0 Å². The lowest BCUT2D eigenvalue weighted by molar-refractivity contribution is -0.154. The van der Waals surface area contributed by atoms with E-state index in [4.69, 9.17) is 18.9 Å². The Bertz CT molecular complexity index is 869. The van der Waals surface area contributed by atoms with Crippen LogP contribution in [0.4, 0.5) is 0 Å². The third-order valence-electron chi connectivity index (χ3n) is 10.5. The fourth-order valence-corrected chi connectivity index (χ4v) is 6.95. The van der Waals surface area contributed by atoms with Gasteiger partial charge in [0.15, 0.2) is 6.29 Å². The Kier molecular flexibility index (Phi) is 40.1. The molecule has 1 amide bonds. The number of amides is 1. The average Bonchev–Trinajstić information content (AvgIpc) is 3.19. The number of rotatable bonds is 43. The van der Waals surface area contributed by atoms with E-state index in [1.54, 1.807) is 4.90 Å². The van der Waals surface area contributed by atoms with Gasteiger partial charge in [0, 0.05) is 32.6 Å². The van der Waals surface area contributed by atoms with Gasteiger partial charge in [-0.05, 0) is 65.0 Å². The van der Waals surface area contributed by atoms with E-state index < -0.39 is 6.04 Å². The molecule has 332 valence electrons. The fourth-order valence-electron chi connectivity index (χ4n) is 6.95. The van der Waals surface area contributed by atoms with E-state index in [0.29, 0.717) is 45.6 Å². The highest BCUT2D eigenvalue weighted by atomic mass is 16.7. The molecule has 0 radical (unpaired) electrons. The first-order valence-electron chi connectivity index (χ1n) is 23.5. The Morgan fingerprint density at radius 3 is 1.62 bits per heavy atom. The van der Waals surface area contributed by atoms with Gasteiger partial charge in [-0.15, -0.1) is 0 Å². The summed E-state index contributed by atoms with van der Waals surface area (Å²) < 4.78 is 23.7. The minimum atomic E-state index is -0.691. The summed E-state index contributed by atoms with van der Waals surface area (Å²) in [6.07, 6.45) is 28.5. The zero-order chi connectivity index (χ0) is 41.3. The maximum atomic E-state index is 13.4. The number of esters is 2. The largest absolute Gasteiger partial charge is 0.463 e. The van der Waals surface area contributed by atoms with Gasteiger partial charge in [0.2, 0.25) is 5.91 Å². The summed E-state index contributed by atoms with van der Waals surface area (Å²) >= 11 is 0.